The minimum Gasteiger partial charge on any atom is -0.528 e. The van der Waals surface area contributed by atoms with Crippen LogP contribution >= 0.6 is 73.3 Å². The molecular formula is C6H6MoO6S12. The van der Waals surface area contributed by atoms with Crippen molar-refractivity contribution >= 4 is 175 Å². The van der Waals surface area contributed by atoms with Crippen molar-refractivity contribution in [3.8, 4) is 0 Å². The van der Waals surface area contributed by atoms with Gasteiger partial charge in [-0.2, -0.15) is 0 Å². The monoisotopic (exact) mass is 656 g/mol. The summed E-state index contributed by atoms with van der Waals surface area (Å²) < 4.78 is -2.50. The Morgan fingerprint density at radius 2 is 0.360 bits per heavy atom. The molecule has 0 heterocycles. The van der Waals surface area contributed by atoms with Gasteiger partial charge in [0.05, 0.1) is 0 Å². The van der Waals surface area contributed by atoms with Gasteiger partial charge in [-0.1, -0.05) is 0 Å². The molecule has 0 atom stereocenters. The first kappa shape index (κ1) is 45.2. The van der Waals surface area contributed by atoms with Gasteiger partial charge in [-0.05, 0) is 0 Å². The van der Waals surface area contributed by atoms with Gasteiger partial charge in [0, 0.05) is 26.3 Å². The third-order valence-corrected chi connectivity index (χ3v) is 0. The van der Waals surface area contributed by atoms with Crippen LogP contribution in [0, 0.1) is 0 Å². The largest absolute Gasteiger partial charge is 6.00 e. The zero-order valence-electron chi connectivity index (χ0n) is 11.0. The zero-order chi connectivity index (χ0) is 21.5. The molecule has 0 spiro atoms. The van der Waals surface area contributed by atoms with Gasteiger partial charge in [0.1, 0.15) is 0 Å². The standard InChI is InChI=1S/6CH2OS2.Mo/c6*2-1(3)4;/h6*(H2,2,3,4);/q;;;;;;+6/p-6. The zero-order valence-corrected chi connectivity index (χ0v) is 22.8. The van der Waals surface area contributed by atoms with E-state index in [1.165, 1.54) is 0 Å². The Balaban J connectivity index is -0.0000000309. The number of hydrogen-bond donors (Lipinski definition) is 6. The van der Waals surface area contributed by atoms with Crippen molar-refractivity contribution in [2.24, 2.45) is 0 Å². The van der Waals surface area contributed by atoms with Gasteiger partial charge >= 0.3 is 21.1 Å². The summed E-state index contributed by atoms with van der Waals surface area (Å²) in [6.45, 7) is 0. The first-order valence-corrected chi connectivity index (χ1v) is 8.69. The summed E-state index contributed by atoms with van der Waals surface area (Å²) in [6.07, 6.45) is 0. The predicted molar refractivity (Wildman–Crippen MR) is 136 cm³/mol. The van der Waals surface area contributed by atoms with Crippen molar-refractivity contribution in [1.29, 1.82) is 0 Å². The summed E-state index contributed by atoms with van der Waals surface area (Å²) in [5.74, 6) is 0. The van der Waals surface area contributed by atoms with Crippen LogP contribution in [0.1, 0.15) is 0 Å². The van der Waals surface area contributed by atoms with Gasteiger partial charge in [-0.15, -0.1) is 0 Å². The summed E-state index contributed by atoms with van der Waals surface area (Å²) in [4.78, 5) is 0. The summed E-state index contributed by atoms with van der Waals surface area (Å²) in [5.41, 5.74) is 0. The Hall–Kier alpha value is 1.35. The van der Waals surface area contributed by atoms with E-state index in [0.29, 0.717) is 0 Å². The molecule has 0 fully saturated rings. The molecule has 0 unspecified atom stereocenters. The average Bonchev–Trinajstić information content (AvgIpc) is 2.08. The molecule has 0 radical (unpaired) electrons. The van der Waals surface area contributed by atoms with E-state index in [1.54, 1.807) is 0 Å². The second-order valence-corrected chi connectivity index (χ2v) is 7.79. The van der Waals surface area contributed by atoms with E-state index in [9.17, 15) is 0 Å². The molecule has 0 aromatic heterocycles. The van der Waals surface area contributed by atoms with Crippen LogP contribution in [0.4, 0.5) is 0 Å². The Bertz CT molecular complexity index is 273. The number of rotatable bonds is 0. The van der Waals surface area contributed by atoms with Crippen LogP contribution in [0.2, 0.25) is 0 Å². The van der Waals surface area contributed by atoms with E-state index in [1.807, 2.05) is 0 Å². The van der Waals surface area contributed by atoms with Gasteiger partial charge in [0.15, 0.2) is 0 Å². The molecule has 144 valence electrons. The van der Waals surface area contributed by atoms with Crippen LogP contribution in [-0.4, -0.2) is 56.9 Å². The second kappa shape index (κ2) is 40.1. The Morgan fingerprint density at radius 1 is 0.360 bits per heavy atom. The van der Waals surface area contributed by atoms with Crippen LogP contribution < -0.4 is 0 Å². The van der Waals surface area contributed by atoms with E-state index >= 15 is 0 Å². The normalized spacial score (nSPS) is 5.76. The molecule has 0 aromatic carbocycles. The summed E-state index contributed by atoms with van der Waals surface area (Å²) in [6, 6.07) is 0. The van der Waals surface area contributed by atoms with E-state index in [4.69, 9.17) is 30.6 Å². The number of hydrogen-bond acceptors (Lipinski definition) is 12. The molecule has 0 saturated carbocycles. The molecule has 0 saturated heterocycles. The van der Waals surface area contributed by atoms with Crippen molar-refractivity contribution in [3.63, 3.8) is 0 Å². The predicted octanol–water partition coefficient (Wildman–Crippen LogP) is 2.25. The average molecular weight is 655 g/mol. The minimum atomic E-state index is -0.417. The fourth-order valence-corrected chi connectivity index (χ4v) is 0. The fourth-order valence-electron chi connectivity index (χ4n) is 0. The van der Waals surface area contributed by atoms with E-state index in [0.717, 1.165) is 0 Å². The molecule has 6 nitrogen and oxygen atoms in total. The molecule has 0 amide bonds. The summed E-state index contributed by atoms with van der Waals surface area (Å²) >= 11 is 46.9. The topological polar surface area (TPSA) is 121 Å². The van der Waals surface area contributed by atoms with Gasteiger partial charge in [-0.25, -0.2) is 0 Å². The van der Waals surface area contributed by atoms with Crippen molar-refractivity contribution < 1.29 is 51.7 Å². The number of aliphatic hydroxyl groups is 6. The molecule has 19 heteroatoms. The number of thiocarbonyl (C=S) groups is 6. The Labute approximate surface area is 224 Å². The van der Waals surface area contributed by atoms with Crippen LogP contribution in [0.15, 0.2) is 0 Å². The van der Waals surface area contributed by atoms with Crippen molar-refractivity contribution in [2.45, 2.75) is 0 Å². The van der Waals surface area contributed by atoms with Gasteiger partial charge in [-0.3, -0.25) is 0 Å². The Morgan fingerprint density at radius 3 is 0.360 bits per heavy atom. The maximum Gasteiger partial charge on any atom is 6.00 e. The SMILES string of the molecule is OC(=S)[S-].OC(=S)[S-].OC(=S)[S-].OC(=S)[S-].OC(=S)[S-].OC(=S)[S-].[Mo+6]. The minimum absolute atomic E-state index is 0. The molecule has 0 aromatic rings. The summed E-state index contributed by atoms with van der Waals surface area (Å²) in [7, 11) is 0. The number of aliphatic hydroxyl groups excluding tert-OH is 6. The van der Waals surface area contributed by atoms with E-state index in [-0.39, 0.29) is 21.1 Å². The molecule has 0 aliphatic rings. The van der Waals surface area contributed by atoms with Gasteiger partial charge < -0.3 is 180 Å². The van der Waals surface area contributed by atoms with Crippen LogP contribution in [0.3, 0.4) is 0 Å². The molecule has 0 bridgehead atoms. The third-order valence-electron chi connectivity index (χ3n) is 0. The molecule has 6 N–H and O–H groups in total. The van der Waals surface area contributed by atoms with Crippen LogP contribution in [-0.2, 0) is 96.8 Å². The quantitative estimate of drug-likeness (QED) is 0.130. The van der Waals surface area contributed by atoms with E-state index in [2.05, 4.69) is 149 Å². The molecule has 0 aliphatic heterocycles. The second-order valence-electron chi connectivity index (χ2n) is 1.60. The Kier molecular flexibility index (Phi) is 72.6. The van der Waals surface area contributed by atoms with Gasteiger partial charge in [0.2, 0.25) is 0 Å². The first-order chi connectivity index (χ1) is 10.4. The molecule has 0 rings (SSSR count). The maximum absolute atomic E-state index is 7.60. The maximum atomic E-state index is 7.60. The molecule has 0 aliphatic carbocycles. The fraction of sp³-hybridized carbons (Fsp3) is 0. The smallest absolute Gasteiger partial charge is 0.528 e. The van der Waals surface area contributed by atoms with Crippen molar-refractivity contribution in [3.05, 3.63) is 0 Å². The van der Waals surface area contributed by atoms with Crippen LogP contribution in [0.5, 0.6) is 0 Å². The molecular weight excluding hydrogens is 649 g/mol. The van der Waals surface area contributed by atoms with Crippen molar-refractivity contribution in [1.82, 2.24) is 0 Å². The van der Waals surface area contributed by atoms with Crippen LogP contribution in [0.25, 0.3) is 0 Å². The first-order valence-electron chi connectivity index (χ1n) is 3.79. The van der Waals surface area contributed by atoms with Gasteiger partial charge in [0.25, 0.3) is 0 Å². The third kappa shape index (κ3) is 7600. The summed E-state index contributed by atoms with van der Waals surface area (Å²) in [5, 5.41) is 45.6. The van der Waals surface area contributed by atoms with E-state index < -0.39 is 26.3 Å². The van der Waals surface area contributed by atoms with Crippen molar-refractivity contribution in [2.75, 3.05) is 0 Å². The molecule has 25 heavy (non-hydrogen) atoms.